The number of pyridine rings is 1. The van der Waals surface area contributed by atoms with E-state index in [0.29, 0.717) is 13.3 Å². The molecular weight excluding hydrogens is 210 g/mol. The number of hydrogen-bond donors (Lipinski definition) is 0. The van der Waals surface area contributed by atoms with E-state index in [1.165, 1.54) is 5.56 Å². The van der Waals surface area contributed by atoms with Crippen molar-refractivity contribution in [3.63, 3.8) is 0 Å². The Morgan fingerprint density at radius 2 is 1.65 bits per heavy atom. The first-order chi connectivity index (χ1) is 8.45. The second-order valence-electron chi connectivity index (χ2n) is 3.70. The molecule has 2 heteroatoms. The Morgan fingerprint density at radius 1 is 0.941 bits per heavy atom. The van der Waals surface area contributed by atoms with Crippen LogP contribution >= 0.6 is 0 Å². The lowest BCUT2D eigenvalue weighted by Crippen LogP contribution is -2.33. The third kappa shape index (κ3) is 4.21. The molecule has 1 aromatic carbocycles. The minimum Gasteiger partial charge on any atom is -0.319 e. The molecule has 0 atom stereocenters. The zero-order valence-corrected chi connectivity index (χ0v) is 9.70. The van der Waals surface area contributed by atoms with Crippen LogP contribution in [0.5, 0.6) is 0 Å². The zero-order valence-electron chi connectivity index (χ0n) is 9.70. The number of rotatable bonds is 5. The van der Waals surface area contributed by atoms with Crippen LogP contribution in [0.3, 0.4) is 0 Å². The molecule has 0 unspecified atom stereocenters. The Balaban J connectivity index is 1.72. The fourth-order valence-electron chi connectivity index (χ4n) is 1.49. The zero-order chi connectivity index (χ0) is 11.8. The van der Waals surface area contributed by atoms with Gasteiger partial charge in [0.25, 0.3) is 6.73 Å². The molecule has 0 bridgehead atoms. The highest BCUT2D eigenvalue weighted by atomic mass is 16.5. The van der Waals surface area contributed by atoms with Crippen molar-refractivity contribution in [2.75, 3.05) is 6.61 Å². The molecule has 2 aromatic rings. The summed E-state index contributed by atoms with van der Waals surface area (Å²) in [6.45, 7) is 1.21. The van der Waals surface area contributed by atoms with Crippen LogP contribution in [0.25, 0.3) is 6.08 Å². The summed E-state index contributed by atoms with van der Waals surface area (Å²) >= 11 is 0. The highest BCUT2D eigenvalue weighted by molar-refractivity contribution is 5.48. The number of ether oxygens (including phenoxy) is 1. The standard InChI is InChI=1S/C15H16NO/c1-3-8-15(9-4-1)10-7-13-17-14-16-11-5-2-6-12-16/h1-12H,13-14H2/q+1. The molecule has 0 saturated heterocycles. The van der Waals surface area contributed by atoms with Crippen LogP contribution in [0, 0.1) is 0 Å². The first-order valence-electron chi connectivity index (χ1n) is 5.68. The maximum absolute atomic E-state index is 5.52. The van der Waals surface area contributed by atoms with Crippen molar-refractivity contribution in [2.45, 2.75) is 6.73 Å². The Labute approximate surface area is 102 Å². The molecule has 0 spiro atoms. The first-order valence-corrected chi connectivity index (χ1v) is 5.68. The smallest absolute Gasteiger partial charge is 0.252 e. The molecule has 0 N–H and O–H groups in total. The first kappa shape index (κ1) is 11.6. The third-order valence-corrected chi connectivity index (χ3v) is 2.34. The third-order valence-electron chi connectivity index (χ3n) is 2.34. The van der Waals surface area contributed by atoms with Gasteiger partial charge in [-0.15, -0.1) is 0 Å². The molecule has 0 amide bonds. The van der Waals surface area contributed by atoms with Crippen molar-refractivity contribution in [3.8, 4) is 0 Å². The second-order valence-corrected chi connectivity index (χ2v) is 3.70. The lowest BCUT2D eigenvalue weighted by atomic mass is 10.2. The van der Waals surface area contributed by atoms with E-state index in [9.17, 15) is 0 Å². The van der Waals surface area contributed by atoms with Crippen molar-refractivity contribution in [2.24, 2.45) is 0 Å². The van der Waals surface area contributed by atoms with Gasteiger partial charge in [0.1, 0.15) is 0 Å². The van der Waals surface area contributed by atoms with Gasteiger partial charge in [-0.1, -0.05) is 48.6 Å². The highest BCUT2D eigenvalue weighted by Crippen LogP contribution is 2.00. The van der Waals surface area contributed by atoms with E-state index in [-0.39, 0.29) is 0 Å². The highest BCUT2D eigenvalue weighted by Gasteiger charge is 1.94. The Hall–Kier alpha value is -1.93. The number of hydrogen-bond acceptors (Lipinski definition) is 1. The van der Waals surface area contributed by atoms with Gasteiger partial charge in [-0.2, -0.15) is 4.57 Å². The fourth-order valence-corrected chi connectivity index (χ4v) is 1.49. The molecule has 0 radical (unpaired) electrons. The molecule has 0 fully saturated rings. The second kappa shape index (κ2) is 6.61. The molecule has 0 aliphatic heterocycles. The Bertz CT molecular complexity index is 451. The van der Waals surface area contributed by atoms with E-state index >= 15 is 0 Å². The number of aromatic nitrogens is 1. The average Bonchev–Trinajstić information content (AvgIpc) is 2.41. The van der Waals surface area contributed by atoms with Crippen molar-refractivity contribution < 1.29 is 9.30 Å². The summed E-state index contributed by atoms with van der Waals surface area (Å²) in [5, 5.41) is 0. The summed E-state index contributed by atoms with van der Waals surface area (Å²) in [7, 11) is 0. The number of nitrogens with zero attached hydrogens (tertiary/aromatic N) is 1. The minimum absolute atomic E-state index is 0.583. The van der Waals surface area contributed by atoms with E-state index in [0.717, 1.165) is 0 Å². The molecular formula is C15H16NO+. The van der Waals surface area contributed by atoms with E-state index in [4.69, 9.17) is 4.74 Å². The van der Waals surface area contributed by atoms with Gasteiger partial charge in [-0.3, -0.25) is 0 Å². The van der Waals surface area contributed by atoms with Crippen molar-refractivity contribution in [3.05, 3.63) is 72.6 Å². The summed E-state index contributed by atoms with van der Waals surface area (Å²) in [4.78, 5) is 0. The lowest BCUT2D eigenvalue weighted by molar-refractivity contribution is -0.732. The monoisotopic (exact) mass is 226 g/mol. The van der Waals surface area contributed by atoms with E-state index in [1.807, 2.05) is 59.4 Å². The van der Waals surface area contributed by atoms with Gasteiger partial charge in [-0.25, -0.2) is 0 Å². The van der Waals surface area contributed by atoms with Crippen LogP contribution < -0.4 is 4.57 Å². The van der Waals surface area contributed by atoms with Crippen LogP contribution in [0.15, 0.2) is 67.0 Å². The number of benzene rings is 1. The van der Waals surface area contributed by atoms with E-state index in [2.05, 4.69) is 18.2 Å². The van der Waals surface area contributed by atoms with Gasteiger partial charge in [-0.05, 0) is 5.56 Å². The Morgan fingerprint density at radius 3 is 2.41 bits per heavy atom. The Kier molecular flexibility index (Phi) is 4.49. The van der Waals surface area contributed by atoms with Crippen LogP contribution in [-0.2, 0) is 11.5 Å². The normalized spacial score (nSPS) is 10.8. The summed E-state index contributed by atoms with van der Waals surface area (Å²) in [5.41, 5.74) is 1.20. The lowest BCUT2D eigenvalue weighted by Gasteiger charge is -1.96. The van der Waals surface area contributed by atoms with Crippen LogP contribution in [0.4, 0.5) is 0 Å². The van der Waals surface area contributed by atoms with Crippen molar-refractivity contribution in [1.82, 2.24) is 0 Å². The molecule has 0 aliphatic rings. The van der Waals surface area contributed by atoms with Crippen LogP contribution in [0.2, 0.25) is 0 Å². The van der Waals surface area contributed by atoms with Gasteiger partial charge in [0.05, 0.1) is 6.61 Å². The van der Waals surface area contributed by atoms with Crippen molar-refractivity contribution >= 4 is 6.08 Å². The molecule has 0 aliphatic carbocycles. The molecule has 1 heterocycles. The summed E-state index contributed by atoms with van der Waals surface area (Å²) in [6.07, 6.45) is 8.07. The predicted octanol–water partition coefficient (Wildman–Crippen LogP) is 2.66. The van der Waals surface area contributed by atoms with E-state index < -0.39 is 0 Å². The molecule has 1 aromatic heterocycles. The molecule has 2 nitrogen and oxygen atoms in total. The maximum Gasteiger partial charge on any atom is 0.252 e. The minimum atomic E-state index is 0.583. The molecule has 0 saturated carbocycles. The summed E-state index contributed by atoms with van der Waals surface area (Å²) in [5.74, 6) is 0. The molecule has 17 heavy (non-hydrogen) atoms. The quantitative estimate of drug-likeness (QED) is 0.564. The summed E-state index contributed by atoms with van der Waals surface area (Å²) in [6, 6.07) is 16.2. The van der Waals surface area contributed by atoms with Crippen LogP contribution in [0.1, 0.15) is 5.56 Å². The molecule has 86 valence electrons. The average molecular weight is 226 g/mol. The topological polar surface area (TPSA) is 13.1 Å². The summed E-state index contributed by atoms with van der Waals surface area (Å²) < 4.78 is 7.51. The van der Waals surface area contributed by atoms with Crippen LogP contribution in [-0.4, -0.2) is 6.61 Å². The maximum atomic E-state index is 5.52. The van der Waals surface area contributed by atoms with Gasteiger partial charge in [0.2, 0.25) is 0 Å². The van der Waals surface area contributed by atoms with Gasteiger partial charge in [0, 0.05) is 12.1 Å². The van der Waals surface area contributed by atoms with Gasteiger partial charge < -0.3 is 4.74 Å². The largest absolute Gasteiger partial charge is 0.319 e. The SMILES string of the molecule is C(=Cc1ccccc1)COC[n+]1ccccc1. The molecule has 2 rings (SSSR count). The van der Waals surface area contributed by atoms with Crippen molar-refractivity contribution in [1.29, 1.82) is 0 Å². The fraction of sp³-hybridized carbons (Fsp3) is 0.133. The van der Waals surface area contributed by atoms with E-state index in [1.54, 1.807) is 0 Å². The van der Waals surface area contributed by atoms with Gasteiger partial charge >= 0.3 is 0 Å². The van der Waals surface area contributed by atoms with Gasteiger partial charge in [0.15, 0.2) is 12.4 Å². The predicted molar refractivity (Wildman–Crippen MR) is 68.1 cm³/mol.